The fourth-order valence-corrected chi connectivity index (χ4v) is 4.42. The molecule has 2 heterocycles. The van der Waals surface area contributed by atoms with Crippen LogP contribution < -0.4 is 16.4 Å². The summed E-state index contributed by atoms with van der Waals surface area (Å²) < 4.78 is 27.5. The minimum atomic E-state index is -3.51. The standard InChI is InChI=1S/C19H22BrN7O2S/c1-3-27(4-2)30(28,29)15-8-6-14(7-9-15)25-18-17(21)19(24-12-23-18)26-16-10-5-13(20)11-22-16/h5-12H,3-4,21H2,1-2H3,(H2,22,23,24,25,26). The Morgan fingerprint density at radius 2 is 1.60 bits per heavy atom. The van der Waals surface area contributed by atoms with E-state index in [2.05, 4.69) is 41.5 Å². The average molecular weight is 492 g/mol. The fourth-order valence-electron chi connectivity index (χ4n) is 2.73. The van der Waals surface area contributed by atoms with Crippen LogP contribution in [-0.2, 0) is 10.0 Å². The third-order valence-electron chi connectivity index (χ3n) is 4.32. The molecule has 0 spiro atoms. The first-order chi connectivity index (χ1) is 14.3. The van der Waals surface area contributed by atoms with Crippen molar-refractivity contribution >= 4 is 54.8 Å². The van der Waals surface area contributed by atoms with Crippen molar-refractivity contribution in [2.24, 2.45) is 0 Å². The maximum absolute atomic E-state index is 12.6. The first-order valence-corrected chi connectivity index (χ1v) is 11.4. The molecule has 3 rings (SSSR count). The molecule has 0 aliphatic rings. The fraction of sp³-hybridized carbons (Fsp3) is 0.211. The van der Waals surface area contributed by atoms with E-state index in [-0.39, 0.29) is 4.90 Å². The van der Waals surface area contributed by atoms with Crippen LogP contribution in [0.3, 0.4) is 0 Å². The third-order valence-corrected chi connectivity index (χ3v) is 6.85. The highest BCUT2D eigenvalue weighted by Crippen LogP contribution is 2.28. The molecule has 0 bridgehead atoms. The Bertz CT molecular complexity index is 1100. The molecule has 0 unspecified atom stereocenters. The van der Waals surface area contributed by atoms with E-state index in [1.165, 1.54) is 10.6 Å². The van der Waals surface area contributed by atoms with Crippen LogP contribution in [0.2, 0.25) is 0 Å². The number of aromatic nitrogens is 3. The second-order valence-corrected chi connectivity index (χ2v) is 9.06. The summed E-state index contributed by atoms with van der Waals surface area (Å²) in [6.45, 7) is 4.45. The number of rotatable bonds is 8. The molecule has 0 atom stereocenters. The van der Waals surface area contributed by atoms with E-state index in [4.69, 9.17) is 5.73 Å². The van der Waals surface area contributed by atoms with Crippen LogP contribution in [0.1, 0.15) is 13.8 Å². The molecule has 0 saturated carbocycles. The molecule has 30 heavy (non-hydrogen) atoms. The second-order valence-electron chi connectivity index (χ2n) is 6.21. The van der Waals surface area contributed by atoms with Gasteiger partial charge in [0.2, 0.25) is 10.0 Å². The lowest BCUT2D eigenvalue weighted by atomic mass is 10.3. The molecule has 0 radical (unpaired) electrons. The molecular formula is C19H22BrN7O2S. The summed E-state index contributed by atoms with van der Waals surface area (Å²) >= 11 is 3.34. The van der Waals surface area contributed by atoms with Crippen molar-refractivity contribution in [2.75, 3.05) is 29.5 Å². The SMILES string of the molecule is CCN(CC)S(=O)(=O)c1ccc(Nc2ncnc(Nc3ccc(Br)cn3)c2N)cc1. The molecule has 158 valence electrons. The molecule has 9 nitrogen and oxygen atoms in total. The summed E-state index contributed by atoms with van der Waals surface area (Å²) in [5.41, 5.74) is 7.15. The van der Waals surface area contributed by atoms with Gasteiger partial charge in [-0.25, -0.2) is 23.4 Å². The first-order valence-electron chi connectivity index (χ1n) is 9.21. The Morgan fingerprint density at radius 3 is 2.17 bits per heavy atom. The van der Waals surface area contributed by atoms with E-state index in [9.17, 15) is 8.42 Å². The molecule has 1 aromatic carbocycles. The Labute approximate surface area is 183 Å². The van der Waals surface area contributed by atoms with Crippen molar-refractivity contribution in [3.05, 3.63) is 53.4 Å². The molecule has 0 aliphatic heterocycles. The lowest BCUT2D eigenvalue weighted by Gasteiger charge is -2.18. The maximum atomic E-state index is 12.6. The summed E-state index contributed by atoms with van der Waals surface area (Å²) in [5, 5.41) is 6.14. The molecule has 0 aliphatic carbocycles. The summed E-state index contributed by atoms with van der Waals surface area (Å²) in [6.07, 6.45) is 3.03. The van der Waals surface area contributed by atoms with Gasteiger partial charge >= 0.3 is 0 Å². The average Bonchev–Trinajstić information content (AvgIpc) is 2.73. The van der Waals surface area contributed by atoms with Gasteiger partial charge in [0, 0.05) is 29.4 Å². The van der Waals surface area contributed by atoms with Gasteiger partial charge in [0.1, 0.15) is 17.8 Å². The van der Waals surface area contributed by atoms with Crippen molar-refractivity contribution in [1.29, 1.82) is 0 Å². The summed E-state index contributed by atoms with van der Waals surface area (Å²) in [4.78, 5) is 12.8. The van der Waals surface area contributed by atoms with Gasteiger partial charge in [-0.1, -0.05) is 13.8 Å². The number of anilines is 5. The van der Waals surface area contributed by atoms with Gasteiger partial charge in [-0.05, 0) is 52.3 Å². The summed E-state index contributed by atoms with van der Waals surface area (Å²) in [6, 6.07) is 10.1. The predicted octanol–water partition coefficient (Wildman–Crippen LogP) is 3.73. The van der Waals surface area contributed by atoms with Crippen LogP contribution in [0.5, 0.6) is 0 Å². The lowest BCUT2D eigenvalue weighted by Crippen LogP contribution is -2.30. The number of nitrogens with two attached hydrogens (primary N) is 1. The van der Waals surface area contributed by atoms with Gasteiger partial charge in [0.25, 0.3) is 0 Å². The molecular weight excluding hydrogens is 470 g/mol. The number of nitrogens with zero attached hydrogens (tertiary/aromatic N) is 4. The number of pyridine rings is 1. The van der Waals surface area contributed by atoms with Crippen molar-refractivity contribution in [1.82, 2.24) is 19.3 Å². The predicted molar refractivity (Wildman–Crippen MR) is 121 cm³/mol. The Morgan fingerprint density at radius 1 is 0.967 bits per heavy atom. The van der Waals surface area contributed by atoms with Gasteiger partial charge in [0.05, 0.1) is 4.90 Å². The van der Waals surface area contributed by atoms with Gasteiger partial charge in [-0.2, -0.15) is 4.31 Å². The molecule has 11 heteroatoms. The second kappa shape index (κ2) is 9.37. The zero-order chi connectivity index (χ0) is 21.7. The van der Waals surface area contributed by atoms with E-state index in [1.807, 2.05) is 19.9 Å². The highest BCUT2D eigenvalue weighted by molar-refractivity contribution is 9.10. The van der Waals surface area contributed by atoms with E-state index in [0.29, 0.717) is 41.9 Å². The van der Waals surface area contributed by atoms with Gasteiger partial charge < -0.3 is 16.4 Å². The number of sulfonamides is 1. The van der Waals surface area contributed by atoms with Crippen molar-refractivity contribution < 1.29 is 8.42 Å². The quantitative estimate of drug-likeness (QED) is 0.434. The summed E-state index contributed by atoms with van der Waals surface area (Å²) in [7, 11) is -3.51. The highest BCUT2D eigenvalue weighted by atomic mass is 79.9. The topological polar surface area (TPSA) is 126 Å². The van der Waals surface area contributed by atoms with Crippen LogP contribution in [0, 0.1) is 0 Å². The number of benzene rings is 1. The number of hydrogen-bond donors (Lipinski definition) is 3. The van der Waals surface area contributed by atoms with Crippen molar-refractivity contribution in [3.63, 3.8) is 0 Å². The normalized spacial score (nSPS) is 11.5. The largest absolute Gasteiger partial charge is 0.393 e. The molecule has 0 fully saturated rings. The van der Waals surface area contributed by atoms with Gasteiger partial charge in [0.15, 0.2) is 11.6 Å². The monoisotopic (exact) mass is 491 g/mol. The van der Waals surface area contributed by atoms with Gasteiger partial charge in [-0.15, -0.1) is 0 Å². The number of nitrogens with one attached hydrogen (secondary N) is 2. The van der Waals surface area contributed by atoms with Crippen LogP contribution in [0.25, 0.3) is 0 Å². The Kier molecular flexibility index (Phi) is 6.85. The molecule has 0 amide bonds. The summed E-state index contributed by atoms with van der Waals surface area (Å²) in [5.74, 6) is 1.38. The first kappa shape index (κ1) is 21.9. The van der Waals surface area contributed by atoms with Crippen molar-refractivity contribution in [3.8, 4) is 0 Å². The molecule has 3 aromatic rings. The van der Waals surface area contributed by atoms with E-state index < -0.39 is 10.0 Å². The minimum Gasteiger partial charge on any atom is -0.393 e. The number of nitrogen functional groups attached to an aromatic ring is 1. The smallest absolute Gasteiger partial charge is 0.243 e. The van der Waals surface area contributed by atoms with Crippen LogP contribution >= 0.6 is 15.9 Å². The maximum Gasteiger partial charge on any atom is 0.243 e. The molecule has 4 N–H and O–H groups in total. The molecule has 2 aromatic heterocycles. The highest BCUT2D eigenvalue weighted by Gasteiger charge is 2.21. The third kappa shape index (κ3) is 4.86. The lowest BCUT2D eigenvalue weighted by molar-refractivity contribution is 0.445. The van der Waals surface area contributed by atoms with Crippen LogP contribution in [-0.4, -0.2) is 40.8 Å². The van der Waals surface area contributed by atoms with E-state index in [0.717, 1.165) is 4.47 Å². The Hall–Kier alpha value is -2.76. The number of hydrogen-bond acceptors (Lipinski definition) is 8. The Balaban J connectivity index is 1.79. The zero-order valence-electron chi connectivity index (χ0n) is 16.5. The van der Waals surface area contributed by atoms with Crippen LogP contribution in [0.4, 0.5) is 28.8 Å². The van der Waals surface area contributed by atoms with E-state index in [1.54, 1.807) is 36.5 Å². The van der Waals surface area contributed by atoms with E-state index >= 15 is 0 Å². The van der Waals surface area contributed by atoms with Crippen molar-refractivity contribution in [2.45, 2.75) is 18.7 Å². The number of halogens is 1. The van der Waals surface area contributed by atoms with Crippen LogP contribution in [0.15, 0.2) is 58.3 Å². The molecule has 0 saturated heterocycles. The zero-order valence-corrected chi connectivity index (χ0v) is 18.9. The van der Waals surface area contributed by atoms with Gasteiger partial charge in [-0.3, -0.25) is 0 Å². The minimum absolute atomic E-state index is 0.232.